The molecule has 0 N–H and O–H groups in total. The predicted octanol–water partition coefficient (Wildman–Crippen LogP) is 3.34. The Kier molecular flexibility index (Phi) is 3.63. The number of rotatable bonds is 2. The zero-order chi connectivity index (χ0) is 15.1. The molecule has 1 saturated carbocycles. The van der Waals surface area contributed by atoms with Gasteiger partial charge in [-0.3, -0.25) is 4.79 Å². The van der Waals surface area contributed by atoms with Crippen molar-refractivity contribution in [1.29, 1.82) is 0 Å². The van der Waals surface area contributed by atoms with Crippen molar-refractivity contribution in [2.24, 2.45) is 5.92 Å². The van der Waals surface area contributed by atoms with Crippen LogP contribution in [0.5, 0.6) is 0 Å². The maximum absolute atomic E-state index is 12.9. The zero-order valence-corrected chi connectivity index (χ0v) is 13.4. The predicted molar refractivity (Wildman–Crippen MR) is 84.3 cm³/mol. The van der Waals surface area contributed by atoms with E-state index < -0.39 is 0 Å². The van der Waals surface area contributed by atoms with Crippen molar-refractivity contribution in [3.63, 3.8) is 0 Å². The number of nitrogens with zero attached hydrogens (tertiary/aromatic N) is 3. The molecule has 1 amide bonds. The fourth-order valence-electron chi connectivity index (χ4n) is 4.70. The summed E-state index contributed by atoms with van der Waals surface area (Å²) in [6.07, 6.45) is 12.3. The highest BCUT2D eigenvalue weighted by atomic mass is 16.2. The number of hydrogen-bond donors (Lipinski definition) is 0. The fraction of sp³-hybridized carbons (Fsp3) is 0.722. The first-order chi connectivity index (χ1) is 10.7. The number of aromatic nitrogens is 2. The molecule has 118 valence electrons. The van der Waals surface area contributed by atoms with Crippen LogP contribution >= 0.6 is 0 Å². The van der Waals surface area contributed by atoms with Gasteiger partial charge in [-0.1, -0.05) is 19.3 Å². The van der Waals surface area contributed by atoms with Gasteiger partial charge in [-0.05, 0) is 38.5 Å². The minimum absolute atomic E-state index is 0.241. The number of carbonyl (C=O) groups excluding carboxylic acids is 1. The molecule has 3 aliphatic rings. The third-order valence-electron chi connectivity index (χ3n) is 5.79. The molecular formula is C18H25N3O. The molecule has 1 saturated heterocycles. The van der Waals surface area contributed by atoms with E-state index in [1.807, 2.05) is 13.1 Å². The summed E-state index contributed by atoms with van der Waals surface area (Å²) < 4.78 is 0. The van der Waals surface area contributed by atoms with Gasteiger partial charge in [-0.15, -0.1) is 0 Å². The van der Waals surface area contributed by atoms with Crippen molar-refractivity contribution >= 4 is 5.91 Å². The minimum Gasteiger partial charge on any atom is -0.332 e. The molecule has 2 atom stereocenters. The van der Waals surface area contributed by atoms with Gasteiger partial charge in [0.1, 0.15) is 5.82 Å². The number of fused-ring (bicyclic) bond motifs is 4. The van der Waals surface area contributed by atoms with Crippen LogP contribution in [-0.2, 0) is 11.2 Å². The Hall–Kier alpha value is -1.45. The van der Waals surface area contributed by atoms with Crippen LogP contribution in [0.3, 0.4) is 0 Å². The van der Waals surface area contributed by atoms with Gasteiger partial charge in [0.05, 0.1) is 11.7 Å². The van der Waals surface area contributed by atoms with Crippen molar-refractivity contribution in [3.05, 3.63) is 23.3 Å². The summed E-state index contributed by atoms with van der Waals surface area (Å²) in [5, 5.41) is 0. The highest BCUT2D eigenvalue weighted by molar-refractivity contribution is 5.78. The Morgan fingerprint density at radius 1 is 1.23 bits per heavy atom. The quantitative estimate of drug-likeness (QED) is 0.841. The molecule has 0 unspecified atom stereocenters. The Bertz CT molecular complexity index is 580. The van der Waals surface area contributed by atoms with Crippen LogP contribution in [0.2, 0.25) is 0 Å². The Labute approximate surface area is 132 Å². The lowest BCUT2D eigenvalue weighted by atomic mass is 9.86. The van der Waals surface area contributed by atoms with Crippen molar-refractivity contribution in [2.45, 2.75) is 76.8 Å². The SMILES string of the molecule is Cc1ncc2c(n1)C[C@@H]1CC[C@H]2N1C(=O)CC1CCCCC1. The smallest absolute Gasteiger partial charge is 0.223 e. The summed E-state index contributed by atoms with van der Waals surface area (Å²) in [6.45, 7) is 1.95. The molecule has 4 rings (SSSR count). The lowest BCUT2D eigenvalue weighted by Crippen LogP contribution is -2.43. The van der Waals surface area contributed by atoms with Crippen LogP contribution in [-0.4, -0.2) is 26.8 Å². The molecular weight excluding hydrogens is 274 g/mol. The van der Waals surface area contributed by atoms with Gasteiger partial charge in [0.25, 0.3) is 0 Å². The van der Waals surface area contributed by atoms with Gasteiger partial charge in [-0.2, -0.15) is 0 Å². The number of carbonyl (C=O) groups is 1. The summed E-state index contributed by atoms with van der Waals surface area (Å²) in [4.78, 5) is 24.1. The minimum atomic E-state index is 0.241. The van der Waals surface area contributed by atoms with Crippen molar-refractivity contribution in [3.8, 4) is 0 Å². The second-order valence-corrected chi connectivity index (χ2v) is 7.28. The Morgan fingerprint density at radius 2 is 2.05 bits per heavy atom. The molecule has 2 aliphatic heterocycles. The van der Waals surface area contributed by atoms with E-state index in [4.69, 9.17) is 0 Å². The zero-order valence-electron chi connectivity index (χ0n) is 13.4. The van der Waals surface area contributed by atoms with E-state index in [2.05, 4.69) is 14.9 Å². The molecule has 0 spiro atoms. The van der Waals surface area contributed by atoms with Crippen LogP contribution in [0.1, 0.15) is 74.5 Å². The largest absolute Gasteiger partial charge is 0.332 e. The average molecular weight is 299 g/mol. The number of amides is 1. The molecule has 3 heterocycles. The van der Waals surface area contributed by atoms with Gasteiger partial charge < -0.3 is 4.90 Å². The van der Waals surface area contributed by atoms with Gasteiger partial charge >= 0.3 is 0 Å². The van der Waals surface area contributed by atoms with Gasteiger partial charge in [-0.25, -0.2) is 9.97 Å². The van der Waals surface area contributed by atoms with Crippen LogP contribution in [0.25, 0.3) is 0 Å². The third kappa shape index (κ3) is 2.42. The second-order valence-electron chi connectivity index (χ2n) is 7.28. The lowest BCUT2D eigenvalue weighted by molar-refractivity contribution is -0.136. The summed E-state index contributed by atoms with van der Waals surface area (Å²) in [7, 11) is 0. The molecule has 2 bridgehead atoms. The summed E-state index contributed by atoms with van der Waals surface area (Å²) in [5.41, 5.74) is 2.39. The molecule has 1 aliphatic carbocycles. The standard InChI is InChI=1S/C18H25N3O/c1-12-19-11-15-16(20-12)10-14-7-8-17(15)21(14)18(22)9-13-5-3-2-4-6-13/h11,13-14,17H,2-10H2,1H3/t14-,17+/m0/s1. The molecule has 1 aromatic rings. The lowest BCUT2D eigenvalue weighted by Gasteiger charge is -2.37. The maximum atomic E-state index is 12.9. The molecule has 22 heavy (non-hydrogen) atoms. The highest BCUT2D eigenvalue weighted by Gasteiger charge is 2.43. The first-order valence-electron chi connectivity index (χ1n) is 8.86. The normalized spacial score (nSPS) is 27.8. The van der Waals surface area contributed by atoms with Gasteiger partial charge in [0, 0.05) is 30.6 Å². The Morgan fingerprint density at radius 3 is 2.86 bits per heavy atom. The van der Waals surface area contributed by atoms with E-state index >= 15 is 0 Å². The van der Waals surface area contributed by atoms with E-state index in [0.717, 1.165) is 31.5 Å². The fourth-order valence-corrected chi connectivity index (χ4v) is 4.70. The molecule has 4 heteroatoms. The van der Waals surface area contributed by atoms with Gasteiger partial charge in [0.15, 0.2) is 0 Å². The number of aryl methyl sites for hydroxylation is 1. The maximum Gasteiger partial charge on any atom is 0.223 e. The second kappa shape index (κ2) is 5.64. The van der Waals surface area contributed by atoms with E-state index in [-0.39, 0.29) is 6.04 Å². The summed E-state index contributed by atoms with van der Waals surface area (Å²) >= 11 is 0. The molecule has 0 radical (unpaired) electrons. The Balaban J connectivity index is 1.53. The molecule has 0 aromatic carbocycles. The van der Waals surface area contributed by atoms with Crippen molar-refractivity contribution < 1.29 is 4.79 Å². The monoisotopic (exact) mass is 299 g/mol. The molecule has 4 nitrogen and oxygen atoms in total. The van der Waals surface area contributed by atoms with Crippen LogP contribution in [0.15, 0.2) is 6.20 Å². The molecule has 2 fully saturated rings. The highest BCUT2D eigenvalue weighted by Crippen LogP contribution is 2.43. The van der Waals surface area contributed by atoms with E-state index in [1.54, 1.807) is 0 Å². The van der Waals surface area contributed by atoms with E-state index in [9.17, 15) is 4.79 Å². The van der Waals surface area contributed by atoms with E-state index in [1.165, 1.54) is 43.4 Å². The first kappa shape index (κ1) is 14.2. The van der Waals surface area contributed by atoms with E-state index in [0.29, 0.717) is 17.9 Å². The molecule has 1 aromatic heterocycles. The van der Waals surface area contributed by atoms with Crippen LogP contribution in [0, 0.1) is 12.8 Å². The van der Waals surface area contributed by atoms with Crippen LogP contribution in [0.4, 0.5) is 0 Å². The number of hydrogen-bond acceptors (Lipinski definition) is 3. The summed E-state index contributed by atoms with van der Waals surface area (Å²) in [5.74, 6) is 1.85. The first-order valence-corrected chi connectivity index (χ1v) is 8.86. The van der Waals surface area contributed by atoms with Gasteiger partial charge in [0.2, 0.25) is 5.91 Å². The van der Waals surface area contributed by atoms with Crippen molar-refractivity contribution in [1.82, 2.24) is 14.9 Å². The van der Waals surface area contributed by atoms with Crippen molar-refractivity contribution in [2.75, 3.05) is 0 Å². The summed E-state index contributed by atoms with van der Waals surface area (Å²) in [6, 6.07) is 0.619. The third-order valence-corrected chi connectivity index (χ3v) is 5.79. The average Bonchev–Trinajstić information content (AvgIpc) is 2.84. The topological polar surface area (TPSA) is 46.1 Å². The van der Waals surface area contributed by atoms with Crippen LogP contribution < -0.4 is 0 Å².